The summed E-state index contributed by atoms with van der Waals surface area (Å²) in [5.41, 5.74) is 2.88. The highest BCUT2D eigenvalue weighted by molar-refractivity contribution is 9.10. The molecule has 1 unspecified atom stereocenters. The lowest BCUT2D eigenvalue weighted by Crippen LogP contribution is -2.52. The van der Waals surface area contributed by atoms with Crippen LogP contribution in [0.1, 0.15) is 0 Å². The number of piperazine rings is 1. The number of urea groups is 1. The zero-order valence-electron chi connectivity index (χ0n) is 11.3. The molecule has 108 valence electrons. The summed E-state index contributed by atoms with van der Waals surface area (Å²) in [5.74, 6) is 0. The fraction of sp³-hybridized carbons (Fsp3) is 0.357. The Morgan fingerprint density at radius 2 is 2.24 bits per heavy atom. The molecule has 2 saturated heterocycles. The highest BCUT2D eigenvalue weighted by atomic mass is 79.9. The van der Waals surface area contributed by atoms with Gasteiger partial charge < -0.3 is 15.1 Å². The molecule has 21 heavy (non-hydrogen) atoms. The van der Waals surface area contributed by atoms with Crippen molar-refractivity contribution in [2.45, 2.75) is 6.04 Å². The maximum absolute atomic E-state index is 11.7. The first-order valence-electron chi connectivity index (χ1n) is 6.92. The van der Waals surface area contributed by atoms with Crippen LogP contribution in [-0.2, 0) is 0 Å². The summed E-state index contributed by atoms with van der Waals surface area (Å²) in [6.07, 6.45) is 3.61. The molecule has 7 heteroatoms. The largest absolute Gasteiger partial charge is 0.366 e. The van der Waals surface area contributed by atoms with E-state index >= 15 is 0 Å². The molecular weight excluding hydrogens is 334 g/mol. The Kier molecular flexibility index (Phi) is 2.95. The van der Waals surface area contributed by atoms with Crippen molar-refractivity contribution in [2.24, 2.45) is 0 Å². The second-order valence-corrected chi connectivity index (χ2v) is 6.25. The van der Waals surface area contributed by atoms with Gasteiger partial charge in [-0.25, -0.2) is 4.79 Å². The van der Waals surface area contributed by atoms with Crippen LogP contribution in [0.5, 0.6) is 0 Å². The molecular formula is C14H14BrN5O. The standard InChI is InChI=1S/C14H14BrN5O/c15-9-5-11-13(17-6-9)12(1-2-16-11)19-3-4-20-10(8-19)7-18-14(20)21/h1-2,5-6,10H,3-4,7-8H2,(H,18,21). The van der Waals surface area contributed by atoms with Crippen molar-refractivity contribution in [2.75, 3.05) is 31.1 Å². The van der Waals surface area contributed by atoms with Gasteiger partial charge >= 0.3 is 6.03 Å². The predicted molar refractivity (Wildman–Crippen MR) is 83.3 cm³/mol. The lowest BCUT2D eigenvalue weighted by molar-refractivity contribution is 0.198. The van der Waals surface area contributed by atoms with Gasteiger partial charge in [-0.3, -0.25) is 9.97 Å². The van der Waals surface area contributed by atoms with E-state index < -0.39 is 0 Å². The number of aromatic nitrogens is 2. The molecule has 2 fully saturated rings. The molecule has 0 spiro atoms. The molecule has 2 aromatic rings. The number of pyridine rings is 2. The molecule has 0 aliphatic carbocycles. The molecule has 4 rings (SSSR count). The zero-order chi connectivity index (χ0) is 14.4. The SMILES string of the molecule is O=C1NCC2CN(c3ccnc4cc(Br)cnc34)CCN12. The number of carbonyl (C=O) groups is 1. The molecule has 2 amide bonds. The van der Waals surface area contributed by atoms with Crippen molar-refractivity contribution < 1.29 is 4.79 Å². The van der Waals surface area contributed by atoms with E-state index in [1.54, 1.807) is 6.20 Å². The van der Waals surface area contributed by atoms with Crippen LogP contribution in [-0.4, -0.2) is 53.1 Å². The first kappa shape index (κ1) is 12.8. The third kappa shape index (κ3) is 2.12. The second-order valence-electron chi connectivity index (χ2n) is 5.33. The molecule has 2 aromatic heterocycles. The quantitative estimate of drug-likeness (QED) is 0.851. The van der Waals surface area contributed by atoms with E-state index in [-0.39, 0.29) is 12.1 Å². The Morgan fingerprint density at radius 3 is 3.14 bits per heavy atom. The van der Waals surface area contributed by atoms with Gasteiger partial charge in [0.2, 0.25) is 0 Å². The van der Waals surface area contributed by atoms with Gasteiger partial charge in [-0.05, 0) is 28.1 Å². The lowest BCUT2D eigenvalue weighted by atomic mass is 10.1. The van der Waals surface area contributed by atoms with Crippen LogP contribution in [0.25, 0.3) is 11.0 Å². The van der Waals surface area contributed by atoms with Crippen LogP contribution >= 0.6 is 15.9 Å². The molecule has 4 heterocycles. The molecule has 1 N–H and O–H groups in total. The fourth-order valence-electron chi connectivity index (χ4n) is 3.07. The van der Waals surface area contributed by atoms with E-state index in [1.165, 1.54) is 0 Å². The second kappa shape index (κ2) is 4.84. The van der Waals surface area contributed by atoms with Crippen molar-refractivity contribution in [3.8, 4) is 0 Å². The number of hydrogen-bond acceptors (Lipinski definition) is 4. The first-order chi connectivity index (χ1) is 10.2. The first-order valence-corrected chi connectivity index (χ1v) is 7.71. The van der Waals surface area contributed by atoms with Gasteiger partial charge in [0.25, 0.3) is 0 Å². The number of nitrogens with one attached hydrogen (secondary N) is 1. The highest BCUT2D eigenvalue weighted by Gasteiger charge is 2.35. The van der Waals surface area contributed by atoms with E-state index in [9.17, 15) is 4.79 Å². The van der Waals surface area contributed by atoms with E-state index in [4.69, 9.17) is 0 Å². The summed E-state index contributed by atoms with van der Waals surface area (Å²) in [5, 5.41) is 2.90. The fourth-order valence-corrected chi connectivity index (χ4v) is 3.39. The average Bonchev–Trinajstić information content (AvgIpc) is 2.87. The minimum atomic E-state index is 0.0568. The zero-order valence-corrected chi connectivity index (χ0v) is 12.9. The predicted octanol–water partition coefficient (Wildman–Crippen LogP) is 1.61. The molecule has 0 bridgehead atoms. The van der Waals surface area contributed by atoms with E-state index in [0.717, 1.165) is 47.4 Å². The molecule has 0 radical (unpaired) electrons. The van der Waals surface area contributed by atoms with Crippen LogP contribution in [0.4, 0.5) is 10.5 Å². The van der Waals surface area contributed by atoms with Crippen molar-refractivity contribution in [1.82, 2.24) is 20.2 Å². The monoisotopic (exact) mass is 347 g/mol. The normalized spacial score (nSPS) is 21.6. The number of carbonyl (C=O) groups excluding carboxylic acids is 1. The van der Waals surface area contributed by atoms with E-state index in [2.05, 4.69) is 36.1 Å². The third-order valence-electron chi connectivity index (χ3n) is 4.10. The Hall–Kier alpha value is -1.89. The van der Waals surface area contributed by atoms with Crippen LogP contribution in [0, 0.1) is 0 Å². The van der Waals surface area contributed by atoms with Crippen molar-refractivity contribution >= 4 is 38.7 Å². The summed E-state index contributed by atoms with van der Waals surface area (Å²) >= 11 is 3.43. The van der Waals surface area contributed by atoms with Crippen LogP contribution < -0.4 is 10.2 Å². The van der Waals surface area contributed by atoms with Crippen molar-refractivity contribution in [1.29, 1.82) is 0 Å². The highest BCUT2D eigenvalue weighted by Crippen LogP contribution is 2.27. The number of amides is 2. The number of anilines is 1. The molecule has 0 aromatic carbocycles. The van der Waals surface area contributed by atoms with E-state index in [1.807, 2.05) is 23.2 Å². The van der Waals surface area contributed by atoms with Crippen molar-refractivity contribution in [3.63, 3.8) is 0 Å². The maximum Gasteiger partial charge on any atom is 0.317 e. The summed E-state index contributed by atoms with van der Waals surface area (Å²) < 4.78 is 0.926. The number of fused-ring (bicyclic) bond motifs is 2. The number of rotatable bonds is 1. The molecule has 6 nitrogen and oxygen atoms in total. The Balaban J connectivity index is 1.69. The summed E-state index contributed by atoms with van der Waals surface area (Å²) in [7, 11) is 0. The average molecular weight is 348 g/mol. The van der Waals surface area contributed by atoms with Gasteiger partial charge in [0.15, 0.2) is 0 Å². The van der Waals surface area contributed by atoms with Crippen LogP contribution in [0.3, 0.4) is 0 Å². The third-order valence-corrected chi connectivity index (χ3v) is 4.53. The number of nitrogens with zero attached hydrogens (tertiary/aromatic N) is 4. The van der Waals surface area contributed by atoms with Gasteiger partial charge in [-0.15, -0.1) is 0 Å². The van der Waals surface area contributed by atoms with Gasteiger partial charge in [0.05, 0.1) is 17.2 Å². The number of hydrogen-bond donors (Lipinski definition) is 1. The maximum atomic E-state index is 11.7. The Morgan fingerprint density at radius 1 is 1.33 bits per heavy atom. The molecule has 2 aliphatic heterocycles. The molecule has 0 saturated carbocycles. The summed E-state index contributed by atoms with van der Waals surface area (Å²) in [6.45, 7) is 3.12. The lowest BCUT2D eigenvalue weighted by Gasteiger charge is -2.37. The van der Waals surface area contributed by atoms with E-state index in [0.29, 0.717) is 0 Å². The smallest absolute Gasteiger partial charge is 0.317 e. The van der Waals surface area contributed by atoms with Gasteiger partial charge in [-0.2, -0.15) is 0 Å². The Bertz CT molecular complexity index is 722. The summed E-state index contributed by atoms with van der Waals surface area (Å²) in [4.78, 5) is 24.8. The van der Waals surface area contributed by atoms with Gasteiger partial charge in [0, 0.05) is 43.0 Å². The molecule has 1 atom stereocenters. The summed E-state index contributed by atoms with van der Waals surface area (Å²) in [6, 6.07) is 4.28. The topological polar surface area (TPSA) is 61.4 Å². The van der Waals surface area contributed by atoms with Crippen LogP contribution in [0.15, 0.2) is 29.0 Å². The van der Waals surface area contributed by atoms with Gasteiger partial charge in [-0.1, -0.05) is 0 Å². The van der Waals surface area contributed by atoms with Crippen molar-refractivity contribution in [3.05, 3.63) is 29.0 Å². The van der Waals surface area contributed by atoms with Gasteiger partial charge in [0.1, 0.15) is 5.52 Å². The molecule has 2 aliphatic rings. The minimum Gasteiger partial charge on any atom is -0.366 e. The Labute approximate surface area is 130 Å². The number of halogens is 1. The van der Waals surface area contributed by atoms with Crippen LogP contribution in [0.2, 0.25) is 0 Å². The minimum absolute atomic E-state index is 0.0568.